The number of hydrogen-bond donors (Lipinski definition) is 3. The number of nitrogens with zero attached hydrogens (tertiary/aromatic N) is 1. The molecule has 0 radical (unpaired) electrons. The average molecular weight is 196 g/mol. The molecular weight excluding hydrogens is 176 g/mol. The number of hydrogen-bond acceptors (Lipinski definition) is 3. The minimum absolute atomic E-state index is 0.409. The zero-order valence-corrected chi connectivity index (χ0v) is 9.22. The Balaban J connectivity index is 2.16. The van der Waals surface area contributed by atoms with Gasteiger partial charge < -0.3 is 11.1 Å². The number of H-pyrrole nitrogens is 1. The van der Waals surface area contributed by atoms with Crippen LogP contribution in [0.4, 0.5) is 11.6 Å². The van der Waals surface area contributed by atoms with Crippen molar-refractivity contribution in [2.75, 3.05) is 17.6 Å². The molecule has 0 spiro atoms. The molecule has 0 fully saturated rings. The normalized spacial score (nSPS) is 11.6. The third-order valence-corrected chi connectivity index (χ3v) is 2.01. The van der Waals surface area contributed by atoms with E-state index in [-0.39, 0.29) is 0 Å². The first-order valence-electron chi connectivity index (χ1n) is 5.02. The van der Waals surface area contributed by atoms with Crippen molar-refractivity contribution in [3.63, 3.8) is 0 Å². The molecule has 0 saturated heterocycles. The van der Waals surface area contributed by atoms with Crippen molar-refractivity contribution >= 4 is 11.6 Å². The summed E-state index contributed by atoms with van der Waals surface area (Å²) < 4.78 is 0. The van der Waals surface area contributed by atoms with Gasteiger partial charge in [-0.2, -0.15) is 5.10 Å². The molecule has 4 heteroatoms. The fraction of sp³-hybridized carbons (Fsp3) is 0.700. The third-order valence-electron chi connectivity index (χ3n) is 2.01. The van der Waals surface area contributed by atoms with Crippen molar-refractivity contribution in [1.82, 2.24) is 10.2 Å². The molecule has 0 amide bonds. The van der Waals surface area contributed by atoms with E-state index in [1.807, 2.05) is 0 Å². The van der Waals surface area contributed by atoms with Gasteiger partial charge in [0.15, 0.2) is 0 Å². The number of nitrogens with two attached hydrogens (primary N) is 1. The van der Waals surface area contributed by atoms with Gasteiger partial charge in [0, 0.05) is 12.6 Å². The first-order valence-corrected chi connectivity index (χ1v) is 5.02. The van der Waals surface area contributed by atoms with Crippen LogP contribution >= 0.6 is 0 Å². The van der Waals surface area contributed by atoms with Crippen molar-refractivity contribution in [1.29, 1.82) is 0 Å². The SMILES string of the molecule is CC(C)(C)CCCNc1cc(N)[nH]n1. The molecule has 0 saturated carbocycles. The van der Waals surface area contributed by atoms with Gasteiger partial charge in [-0.05, 0) is 18.3 Å². The Labute approximate surface area is 85.3 Å². The number of aromatic amines is 1. The van der Waals surface area contributed by atoms with E-state index in [1.165, 1.54) is 6.42 Å². The lowest BCUT2D eigenvalue weighted by Crippen LogP contribution is -2.09. The molecule has 0 unspecified atom stereocenters. The molecule has 0 atom stereocenters. The van der Waals surface area contributed by atoms with Gasteiger partial charge in [-0.25, -0.2) is 0 Å². The molecule has 80 valence electrons. The Morgan fingerprint density at radius 2 is 2.21 bits per heavy atom. The van der Waals surface area contributed by atoms with Crippen LogP contribution in [0.5, 0.6) is 0 Å². The highest BCUT2D eigenvalue weighted by molar-refractivity contribution is 5.44. The maximum absolute atomic E-state index is 5.49. The second-order valence-electron chi connectivity index (χ2n) is 4.80. The summed E-state index contributed by atoms with van der Waals surface area (Å²) in [5.41, 5.74) is 5.90. The van der Waals surface area contributed by atoms with Crippen LogP contribution in [0.25, 0.3) is 0 Å². The van der Waals surface area contributed by atoms with Crippen LogP contribution in [0.2, 0.25) is 0 Å². The molecule has 1 aromatic heterocycles. The zero-order chi connectivity index (χ0) is 10.6. The highest BCUT2D eigenvalue weighted by Gasteiger charge is 2.08. The molecule has 0 aromatic carbocycles. The van der Waals surface area contributed by atoms with E-state index in [1.54, 1.807) is 6.07 Å². The average Bonchev–Trinajstić information content (AvgIpc) is 2.44. The summed E-state index contributed by atoms with van der Waals surface area (Å²) in [6.07, 6.45) is 2.36. The monoisotopic (exact) mass is 196 g/mol. The summed E-state index contributed by atoms with van der Waals surface area (Å²) in [7, 11) is 0. The molecule has 1 aromatic rings. The van der Waals surface area contributed by atoms with Gasteiger partial charge in [0.2, 0.25) is 0 Å². The van der Waals surface area contributed by atoms with E-state index in [4.69, 9.17) is 5.73 Å². The van der Waals surface area contributed by atoms with Gasteiger partial charge in [0.05, 0.1) is 0 Å². The number of nitrogen functional groups attached to an aromatic ring is 1. The van der Waals surface area contributed by atoms with E-state index < -0.39 is 0 Å². The summed E-state index contributed by atoms with van der Waals surface area (Å²) in [4.78, 5) is 0. The van der Waals surface area contributed by atoms with Gasteiger partial charge in [-0.1, -0.05) is 20.8 Å². The molecular formula is C10H20N4. The van der Waals surface area contributed by atoms with Crippen molar-refractivity contribution in [3.05, 3.63) is 6.07 Å². The molecule has 14 heavy (non-hydrogen) atoms. The molecule has 0 aliphatic rings. The summed E-state index contributed by atoms with van der Waals surface area (Å²) in [5.74, 6) is 1.43. The number of rotatable bonds is 4. The van der Waals surface area contributed by atoms with E-state index in [0.717, 1.165) is 18.8 Å². The Bertz CT molecular complexity index is 272. The minimum Gasteiger partial charge on any atom is -0.384 e. The molecule has 0 bridgehead atoms. The van der Waals surface area contributed by atoms with Crippen LogP contribution in [-0.2, 0) is 0 Å². The van der Waals surface area contributed by atoms with Gasteiger partial charge in [0.1, 0.15) is 11.6 Å². The van der Waals surface area contributed by atoms with Crippen LogP contribution < -0.4 is 11.1 Å². The van der Waals surface area contributed by atoms with E-state index in [2.05, 4.69) is 36.3 Å². The number of nitrogens with one attached hydrogen (secondary N) is 2. The summed E-state index contributed by atoms with van der Waals surface area (Å²) in [5, 5.41) is 9.90. The van der Waals surface area contributed by atoms with Crippen LogP contribution in [0.3, 0.4) is 0 Å². The molecule has 0 aliphatic carbocycles. The van der Waals surface area contributed by atoms with Crippen LogP contribution in [0.15, 0.2) is 6.07 Å². The lowest BCUT2D eigenvalue weighted by atomic mass is 9.91. The van der Waals surface area contributed by atoms with Crippen molar-refractivity contribution in [3.8, 4) is 0 Å². The van der Waals surface area contributed by atoms with Gasteiger partial charge in [-0.3, -0.25) is 5.10 Å². The van der Waals surface area contributed by atoms with Crippen LogP contribution in [0.1, 0.15) is 33.6 Å². The number of anilines is 2. The van der Waals surface area contributed by atoms with E-state index in [0.29, 0.717) is 11.2 Å². The Kier molecular flexibility index (Phi) is 3.38. The fourth-order valence-electron chi connectivity index (χ4n) is 1.26. The van der Waals surface area contributed by atoms with E-state index >= 15 is 0 Å². The lowest BCUT2D eigenvalue weighted by molar-refractivity contribution is 0.370. The predicted octanol–water partition coefficient (Wildman–Crippen LogP) is 2.23. The van der Waals surface area contributed by atoms with Gasteiger partial charge in [-0.15, -0.1) is 0 Å². The predicted molar refractivity (Wildman–Crippen MR) is 60.2 cm³/mol. The lowest BCUT2D eigenvalue weighted by Gasteiger charge is -2.17. The molecule has 1 heterocycles. The Morgan fingerprint density at radius 3 is 2.71 bits per heavy atom. The second-order valence-corrected chi connectivity index (χ2v) is 4.80. The minimum atomic E-state index is 0.409. The number of aromatic nitrogens is 2. The standard InChI is InChI=1S/C10H20N4/c1-10(2,3)5-4-6-12-9-7-8(11)13-14-9/h7H,4-6H2,1-3H3,(H4,11,12,13,14). The smallest absolute Gasteiger partial charge is 0.149 e. The summed E-state index contributed by atoms with van der Waals surface area (Å²) in [6, 6.07) is 1.80. The van der Waals surface area contributed by atoms with E-state index in [9.17, 15) is 0 Å². The first-order chi connectivity index (χ1) is 6.47. The van der Waals surface area contributed by atoms with Gasteiger partial charge >= 0.3 is 0 Å². The first kappa shape index (κ1) is 10.9. The largest absolute Gasteiger partial charge is 0.384 e. The third kappa shape index (κ3) is 4.16. The highest BCUT2D eigenvalue weighted by atomic mass is 15.2. The van der Waals surface area contributed by atoms with Crippen molar-refractivity contribution in [2.45, 2.75) is 33.6 Å². The fourth-order valence-corrected chi connectivity index (χ4v) is 1.26. The van der Waals surface area contributed by atoms with Crippen LogP contribution in [0, 0.1) is 5.41 Å². The van der Waals surface area contributed by atoms with Crippen LogP contribution in [-0.4, -0.2) is 16.7 Å². The van der Waals surface area contributed by atoms with Gasteiger partial charge in [0.25, 0.3) is 0 Å². The topological polar surface area (TPSA) is 66.7 Å². The van der Waals surface area contributed by atoms with Crippen molar-refractivity contribution < 1.29 is 0 Å². The second kappa shape index (κ2) is 4.35. The van der Waals surface area contributed by atoms with Crippen molar-refractivity contribution in [2.24, 2.45) is 5.41 Å². The maximum Gasteiger partial charge on any atom is 0.149 e. The molecule has 1 rings (SSSR count). The zero-order valence-electron chi connectivity index (χ0n) is 9.22. The Morgan fingerprint density at radius 1 is 1.50 bits per heavy atom. The molecule has 0 aliphatic heterocycles. The quantitative estimate of drug-likeness (QED) is 0.647. The summed E-state index contributed by atoms with van der Waals surface area (Å²) >= 11 is 0. The maximum atomic E-state index is 5.49. The molecule has 4 nitrogen and oxygen atoms in total. The highest BCUT2D eigenvalue weighted by Crippen LogP contribution is 2.20. The molecule has 4 N–H and O–H groups in total. The Hall–Kier alpha value is -1.19. The summed E-state index contributed by atoms with van der Waals surface area (Å²) in [6.45, 7) is 7.69.